The average molecular weight is 372 g/mol. The van der Waals surface area contributed by atoms with Gasteiger partial charge in [0, 0.05) is 28.1 Å². The van der Waals surface area contributed by atoms with Gasteiger partial charge in [0.25, 0.3) is 0 Å². The minimum Gasteiger partial charge on any atom is -0.314 e. The standard InChI is InChI=1S/C26H29NO/c1-25(2,3)19-11-13-20(14-12-19)27-23-9-7-6-8-21(23)26(4,5)22-16-18(17-28)10-15-24(22)27/h6-11,13,15-17H,12,14H2,1-5H3. The van der Waals surface area contributed by atoms with Crippen molar-refractivity contribution in [3.05, 3.63) is 82.6 Å². The van der Waals surface area contributed by atoms with Crippen LogP contribution in [0.3, 0.4) is 0 Å². The van der Waals surface area contributed by atoms with Crippen molar-refractivity contribution in [2.45, 2.75) is 52.9 Å². The zero-order valence-electron chi connectivity index (χ0n) is 17.5. The number of rotatable bonds is 2. The third-order valence-corrected chi connectivity index (χ3v) is 6.27. The lowest BCUT2D eigenvalue weighted by Crippen LogP contribution is -2.33. The molecule has 0 saturated carbocycles. The summed E-state index contributed by atoms with van der Waals surface area (Å²) in [5, 5.41) is 0. The van der Waals surface area contributed by atoms with E-state index >= 15 is 0 Å². The van der Waals surface area contributed by atoms with Gasteiger partial charge in [0.05, 0.1) is 0 Å². The van der Waals surface area contributed by atoms with E-state index in [1.165, 1.54) is 33.8 Å². The van der Waals surface area contributed by atoms with Gasteiger partial charge in [-0.2, -0.15) is 0 Å². The summed E-state index contributed by atoms with van der Waals surface area (Å²) in [6, 6.07) is 14.8. The Morgan fingerprint density at radius 1 is 0.929 bits per heavy atom. The maximum absolute atomic E-state index is 11.4. The van der Waals surface area contributed by atoms with Gasteiger partial charge in [0.2, 0.25) is 0 Å². The molecule has 2 nitrogen and oxygen atoms in total. The van der Waals surface area contributed by atoms with E-state index in [4.69, 9.17) is 0 Å². The number of nitrogens with zero attached hydrogens (tertiary/aromatic N) is 1. The van der Waals surface area contributed by atoms with Gasteiger partial charge in [0.1, 0.15) is 6.29 Å². The number of allylic oxidation sites excluding steroid dienone is 4. The van der Waals surface area contributed by atoms with Crippen LogP contribution < -0.4 is 4.90 Å². The fraction of sp³-hybridized carbons (Fsp3) is 0.346. The zero-order valence-corrected chi connectivity index (χ0v) is 17.5. The van der Waals surface area contributed by atoms with Crippen LogP contribution in [0.15, 0.2) is 65.9 Å². The number of benzene rings is 2. The Labute approximate surface area is 168 Å². The normalized spacial score (nSPS) is 18.0. The first-order valence-electron chi connectivity index (χ1n) is 10.1. The molecule has 144 valence electrons. The first kappa shape index (κ1) is 18.7. The van der Waals surface area contributed by atoms with Crippen molar-refractivity contribution in [1.29, 1.82) is 0 Å². The van der Waals surface area contributed by atoms with E-state index < -0.39 is 0 Å². The van der Waals surface area contributed by atoms with Gasteiger partial charge in [-0.15, -0.1) is 0 Å². The van der Waals surface area contributed by atoms with E-state index in [1.807, 2.05) is 6.07 Å². The van der Waals surface area contributed by atoms with Crippen LogP contribution in [0, 0.1) is 5.41 Å². The average Bonchev–Trinajstić information content (AvgIpc) is 2.68. The topological polar surface area (TPSA) is 20.3 Å². The van der Waals surface area contributed by atoms with Crippen LogP contribution in [0.25, 0.3) is 0 Å². The first-order chi connectivity index (χ1) is 13.2. The molecule has 0 saturated heterocycles. The number of hydrogen-bond donors (Lipinski definition) is 0. The van der Waals surface area contributed by atoms with Gasteiger partial charge in [-0.1, -0.05) is 64.5 Å². The Morgan fingerprint density at radius 2 is 1.64 bits per heavy atom. The predicted molar refractivity (Wildman–Crippen MR) is 117 cm³/mol. The Morgan fingerprint density at radius 3 is 2.29 bits per heavy atom. The molecule has 1 aliphatic carbocycles. The van der Waals surface area contributed by atoms with Gasteiger partial charge in [0.15, 0.2) is 0 Å². The van der Waals surface area contributed by atoms with Crippen LogP contribution in [0.5, 0.6) is 0 Å². The highest BCUT2D eigenvalue weighted by atomic mass is 16.1. The van der Waals surface area contributed by atoms with Crippen molar-refractivity contribution < 1.29 is 4.79 Å². The predicted octanol–water partition coefficient (Wildman–Crippen LogP) is 6.93. The molecule has 2 heteroatoms. The monoisotopic (exact) mass is 371 g/mol. The van der Waals surface area contributed by atoms with Gasteiger partial charge in [-0.3, -0.25) is 4.79 Å². The summed E-state index contributed by atoms with van der Waals surface area (Å²) in [7, 11) is 0. The van der Waals surface area contributed by atoms with Crippen molar-refractivity contribution in [3.63, 3.8) is 0 Å². The van der Waals surface area contributed by atoms with Crippen LogP contribution >= 0.6 is 0 Å². The second-order valence-corrected chi connectivity index (χ2v) is 9.47. The molecule has 0 spiro atoms. The molecule has 1 heterocycles. The summed E-state index contributed by atoms with van der Waals surface area (Å²) in [6.07, 6.45) is 7.64. The van der Waals surface area contributed by atoms with E-state index in [0.717, 1.165) is 24.7 Å². The molecule has 2 aromatic carbocycles. The summed E-state index contributed by atoms with van der Waals surface area (Å²) in [5.41, 5.74) is 8.56. The maximum atomic E-state index is 11.4. The number of carbonyl (C=O) groups excluding carboxylic acids is 1. The van der Waals surface area contributed by atoms with Crippen molar-refractivity contribution in [2.75, 3.05) is 4.90 Å². The van der Waals surface area contributed by atoms with Crippen molar-refractivity contribution >= 4 is 17.7 Å². The largest absolute Gasteiger partial charge is 0.314 e. The number of fused-ring (bicyclic) bond motifs is 2. The Bertz CT molecular complexity index is 1000. The van der Waals surface area contributed by atoms with Gasteiger partial charge in [-0.05, 0) is 59.7 Å². The number of hydrogen-bond acceptors (Lipinski definition) is 2. The van der Waals surface area contributed by atoms with Crippen LogP contribution in [0.4, 0.5) is 11.4 Å². The van der Waals surface area contributed by atoms with E-state index in [1.54, 1.807) is 0 Å². The number of carbonyl (C=O) groups is 1. The van der Waals surface area contributed by atoms with Crippen molar-refractivity contribution in [1.82, 2.24) is 0 Å². The van der Waals surface area contributed by atoms with Crippen molar-refractivity contribution in [2.24, 2.45) is 5.41 Å². The molecule has 0 aromatic heterocycles. The van der Waals surface area contributed by atoms with Crippen LogP contribution in [0.1, 0.15) is 68.9 Å². The highest BCUT2D eigenvalue weighted by molar-refractivity contribution is 5.85. The van der Waals surface area contributed by atoms with E-state index in [0.29, 0.717) is 0 Å². The van der Waals surface area contributed by atoms with E-state index in [2.05, 4.69) is 88.1 Å². The van der Waals surface area contributed by atoms with Gasteiger partial charge in [-0.25, -0.2) is 0 Å². The minimum absolute atomic E-state index is 0.150. The van der Waals surface area contributed by atoms with E-state index in [9.17, 15) is 4.79 Å². The molecule has 0 radical (unpaired) electrons. The minimum atomic E-state index is -0.150. The summed E-state index contributed by atoms with van der Waals surface area (Å²) in [6.45, 7) is 11.4. The Balaban J connectivity index is 1.91. The smallest absolute Gasteiger partial charge is 0.150 e. The molecule has 0 atom stereocenters. The highest BCUT2D eigenvalue weighted by Crippen LogP contribution is 2.51. The fourth-order valence-electron chi connectivity index (χ4n) is 4.54. The van der Waals surface area contributed by atoms with Crippen LogP contribution in [0.2, 0.25) is 0 Å². The second-order valence-electron chi connectivity index (χ2n) is 9.47. The van der Waals surface area contributed by atoms with Crippen molar-refractivity contribution in [3.8, 4) is 0 Å². The molecule has 1 aliphatic heterocycles. The summed E-state index contributed by atoms with van der Waals surface area (Å²) >= 11 is 0. The molecule has 0 bridgehead atoms. The molecular formula is C26H29NO. The van der Waals surface area contributed by atoms with Gasteiger partial charge < -0.3 is 4.90 Å². The number of anilines is 2. The Hall–Kier alpha value is -2.61. The number of para-hydroxylation sites is 1. The lowest BCUT2D eigenvalue weighted by Gasteiger charge is -2.43. The Kier molecular flexibility index (Phi) is 4.33. The fourth-order valence-corrected chi connectivity index (χ4v) is 4.54. The SMILES string of the molecule is CC(C)(C)C1=CC=C(N2c3ccccc3C(C)(C)c3cc(C=O)ccc32)CC1. The molecule has 0 unspecified atom stereocenters. The molecule has 0 N–H and O–H groups in total. The lowest BCUT2D eigenvalue weighted by atomic mass is 9.73. The molecule has 28 heavy (non-hydrogen) atoms. The second kappa shape index (κ2) is 6.48. The molecule has 0 amide bonds. The van der Waals surface area contributed by atoms with Crippen LogP contribution in [-0.4, -0.2) is 6.29 Å². The molecule has 4 rings (SSSR count). The zero-order chi connectivity index (χ0) is 20.1. The third-order valence-electron chi connectivity index (χ3n) is 6.27. The molecule has 0 fully saturated rings. The number of aldehydes is 1. The lowest BCUT2D eigenvalue weighted by molar-refractivity contribution is 0.112. The summed E-state index contributed by atoms with van der Waals surface area (Å²) in [5.74, 6) is 0. The quantitative estimate of drug-likeness (QED) is 0.534. The highest BCUT2D eigenvalue weighted by Gasteiger charge is 2.37. The third kappa shape index (κ3) is 2.92. The summed E-state index contributed by atoms with van der Waals surface area (Å²) in [4.78, 5) is 13.8. The van der Waals surface area contributed by atoms with E-state index in [-0.39, 0.29) is 10.8 Å². The first-order valence-corrected chi connectivity index (χ1v) is 10.1. The maximum Gasteiger partial charge on any atom is 0.150 e. The molecule has 2 aliphatic rings. The van der Waals surface area contributed by atoms with Gasteiger partial charge >= 0.3 is 0 Å². The molecule has 2 aromatic rings. The van der Waals surface area contributed by atoms with Crippen LogP contribution in [-0.2, 0) is 5.41 Å². The summed E-state index contributed by atoms with van der Waals surface area (Å²) < 4.78 is 0. The molecular weight excluding hydrogens is 342 g/mol.